The van der Waals surface area contributed by atoms with Gasteiger partial charge in [-0.25, -0.2) is 0 Å². The zero-order valence-electron chi connectivity index (χ0n) is 11.5. The van der Waals surface area contributed by atoms with Gasteiger partial charge in [0.15, 0.2) is 6.61 Å². The molecule has 0 amide bonds. The molecular formula is C17H14BrNO2. The Hall–Kier alpha value is -2.07. The monoisotopic (exact) mass is 343 g/mol. The van der Waals surface area contributed by atoms with E-state index in [1.807, 2.05) is 66.3 Å². The van der Waals surface area contributed by atoms with E-state index < -0.39 is 0 Å². The molecule has 0 spiro atoms. The number of nitrogens with zero attached hydrogens (tertiary/aromatic N) is 1. The molecule has 21 heavy (non-hydrogen) atoms. The lowest BCUT2D eigenvalue weighted by Crippen LogP contribution is -2.11. The van der Waals surface area contributed by atoms with E-state index in [0.29, 0.717) is 11.3 Å². The summed E-state index contributed by atoms with van der Waals surface area (Å²) >= 11 is 3.38. The van der Waals surface area contributed by atoms with E-state index in [1.165, 1.54) is 0 Å². The second-order valence-corrected chi connectivity index (χ2v) is 5.76. The molecule has 0 saturated carbocycles. The van der Waals surface area contributed by atoms with Gasteiger partial charge in [-0.2, -0.15) is 0 Å². The van der Waals surface area contributed by atoms with Crippen molar-refractivity contribution in [2.45, 2.75) is 0 Å². The quantitative estimate of drug-likeness (QED) is 0.664. The van der Waals surface area contributed by atoms with Crippen LogP contribution in [0.4, 0.5) is 0 Å². The van der Waals surface area contributed by atoms with Crippen LogP contribution in [-0.2, 0) is 7.05 Å². The van der Waals surface area contributed by atoms with Crippen molar-refractivity contribution in [3.05, 3.63) is 64.8 Å². The molecule has 3 aromatic rings. The maximum absolute atomic E-state index is 12.4. The molecule has 3 rings (SSSR count). The molecular weight excluding hydrogens is 330 g/mol. The third-order valence-corrected chi connectivity index (χ3v) is 3.86. The highest BCUT2D eigenvalue weighted by molar-refractivity contribution is 9.10. The van der Waals surface area contributed by atoms with Crippen molar-refractivity contribution in [1.82, 2.24) is 4.57 Å². The van der Waals surface area contributed by atoms with E-state index in [2.05, 4.69) is 15.9 Å². The number of benzene rings is 2. The lowest BCUT2D eigenvalue weighted by atomic mass is 10.1. The highest BCUT2D eigenvalue weighted by Crippen LogP contribution is 2.22. The minimum atomic E-state index is -0.0215. The third kappa shape index (κ3) is 2.85. The SMILES string of the molecule is Cn1cc(C(=O)COc2cccc(Br)c2)c2ccccc21. The summed E-state index contributed by atoms with van der Waals surface area (Å²) in [5, 5.41) is 0.961. The first-order chi connectivity index (χ1) is 10.1. The molecule has 0 radical (unpaired) electrons. The van der Waals surface area contributed by atoms with Gasteiger partial charge in [-0.3, -0.25) is 4.79 Å². The zero-order valence-corrected chi connectivity index (χ0v) is 13.1. The standard InChI is InChI=1S/C17H14BrNO2/c1-19-10-15(14-7-2-3-8-16(14)19)17(20)11-21-13-6-4-5-12(18)9-13/h2-10H,11H2,1H3. The maximum Gasteiger partial charge on any atom is 0.202 e. The van der Waals surface area contributed by atoms with Crippen LogP contribution in [0.15, 0.2) is 59.2 Å². The molecule has 0 fully saturated rings. The summed E-state index contributed by atoms with van der Waals surface area (Å²) in [5.41, 5.74) is 1.74. The average Bonchev–Trinajstić information content (AvgIpc) is 2.83. The molecule has 0 bridgehead atoms. The van der Waals surface area contributed by atoms with Gasteiger partial charge in [-0.05, 0) is 24.3 Å². The minimum Gasteiger partial charge on any atom is -0.485 e. The Morgan fingerprint density at radius 1 is 1.19 bits per heavy atom. The molecule has 1 heterocycles. The van der Waals surface area contributed by atoms with Gasteiger partial charge in [0.2, 0.25) is 5.78 Å². The summed E-state index contributed by atoms with van der Waals surface area (Å²) in [6.45, 7) is 0.0322. The molecule has 0 unspecified atom stereocenters. The largest absolute Gasteiger partial charge is 0.485 e. The number of carbonyl (C=O) groups is 1. The number of fused-ring (bicyclic) bond motifs is 1. The molecule has 4 heteroatoms. The van der Waals surface area contributed by atoms with Crippen molar-refractivity contribution < 1.29 is 9.53 Å². The summed E-state index contributed by atoms with van der Waals surface area (Å²) < 4.78 is 8.46. The van der Waals surface area contributed by atoms with Crippen molar-refractivity contribution in [3.8, 4) is 5.75 Å². The number of hydrogen-bond donors (Lipinski definition) is 0. The predicted molar refractivity (Wildman–Crippen MR) is 86.9 cm³/mol. The topological polar surface area (TPSA) is 31.2 Å². The van der Waals surface area contributed by atoms with Gasteiger partial charge in [-0.1, -0.05) is 40.2 Å². The molecule has 2 aromatic carbocycles. The Balaban J connectivity index is 1.81. The minimum absolute atomic E-state index is 0.0215. The van der Waals surface area contributed by atoms with Crippen LogP contribution in [0.3, 0.4) is 0 Å². The van der Waals surface area contributed by atoms with Crippen LogP contribution in [-0.4, -0.2) is 17.0 Å². The van der Waals surface area contributed by atoms with Gasteiger partial charge in [0.25, 0.3) is 0 Å². The number of halogens is 1. The van der Waals surface area contributed by atoms with Crippen molar-refractivity contribution in [2.24, 2.45) is 7.05 Å². The zero-order chi connectivity index (χ0) is 14.8. The molecule has 106 valence electrons. The molecule has 0 aliphatic carbocycles. The highest BCUT2D eigenvalue weighted by Gasteiger charge is 2.14. The molecule has 1 aromatic heterocycles. The van der Waals surface area contributed by atoms with E-state index in [-0.39, 0.29) is 12.4 Å². The van der Waals surface area contributed by atoms with Gasteiger partial charge < -0.3 is 9.30 Å². The summed E-state index contributed by atoms with van der Waals surface area (Å²) in [5.74, 6) is 0.657. The van der Waals surface area contributed by atoms with Crippen LogP contribution < -0.4 is 4.74 Å². The van der Waals surface area contributed by atoms with Crippen molar-refractivity contribution in [2.75, 3.05) is 6.61 Å². The molecule has 0 aliphatic heterocycles. The van der Waals surface area contributed by atoms with Crippen LogP contribution >= 0.6 is 15.9 Å². The van der Waals surface area contributed by atoms with Crippen LogP contribution in [0.2, 0.25) is 0 Å². The van der Waals surface area contributed by atoms with Crippen LogP contribution in [0.25, 0.3) is 10.9 Å². The van der Waals surface area contributed by atoms with Crippen LogP contribution in [0.5, 0.6) is 5.75 Å². The Morgan fingerprint density at radius 2 is 2.00 bits per heavy atom. The summed E-state index contributed by atoms with van der Waals surface area (Å²) in [4.78, 5) is 12.4. The number of rotatable bonds is 4. The van der Waals surface area contributed by atoms with E-state index in [0.717, 1.165) is 15.4 Å². The lowest BCUT2D eigenvalue weighted by Gasteiger charge is -2.05. The Labute approximate surface area is 131 Å². The smallest absolute Gasteiger partial charge is 0.202 e. The van der Waals surface area contributed by atoms with Gasteiger partial charge in [0, 0.05) is 34.2 Å². The summed E-state index contributed by atoms with van der Waals surface area (Å²) in [6, 6.07) is 15.3. The number of ketones is 1. The third-order valence-electron chi connectivity index (χ3n) is 3.36. The molecule has 0 atom stereocenters. The summed E-state index contributed by atoms with van der Waals surface area (Å²) in [7, 11) is 1.94. The predicted octanol–water partition coefficient (Wildman–Crippen LogP) is 4.20. The van der Waals surface area contributed by atoms with Crippen LogP contribution in [0.1, 0.15) is 10.4 Å². The Bertz CT molecular complexity index is 807. The van der Waals surface area contributed by atoms with Crippen molar-refractivity contribution in [3.63, 3.8) is 0 Å². The van der Waals surface area contributed by atoms with E-state index in [4.69, 9.17) is 4.74 Å². The number of carbonyl (C=O) groups excluding carboxylic acids is 1. The average molecular weight is 344 g/mol. The molecule has 0 N–H and O–H groups in total. The fourth-order valence-corrected chi connectivity index (χ4v) is 2.73. The van der Waals surface area contributed by atoms with Gasteiger partial charge in [-0.15, -0.1) is 0 Å². The number of para-hydroxylation sites is 1. The number of ether oxygens (including phenoxy) is 1. The Kier molecular flexibility index (Phi) is 3.80. The first-order valence-electron chi connectivity index (χ1n) is 6.61. The van der Waals surface area contributed by atoms with Crippen LogP contribution in [0, 0.1) is 0 Å². The number of aryl methyl sites for hydroxylation is 1. The fraction of sp³-hybridized carbons (Fsp3) is 0.118. The van der Waals surface area contributed by atoms with Gasteiger partial charge in [0.05, 0.1) is 0 Å². The van der Waals surface area contributed by atoms with Crippen molar-refractivity contribution >= 4 is 32.6 Å². The van der Waals surface area contributed by atoms with Gasteiger partial charge in [0.1, 0.15) is 5.75 Å². The second-order valence-electron chi connectivity index (χ2n) is 4.84. The number of Topliss-reactive ketones (excluding diaryl/α,β-unsaturated/α-hetero) is 1. The highest BCUT2D eigenvalue weighted by atomic mass is 79.9. The fourth-order valence-electron chi connectivity index (χ4n) is 2.35. The molecule has 0 saturated heterocycles. The van der Waals surface area contributed by atoms with E-state index in [9.17, 15) is 4.79 Å². The van der Waals surface area contributed by atoms with Crippen molar-refractivity contribution in [1.29, 1.82) is 0 Å². The first-order valence-corrected chi connectivity index (χ1v) is 7.40. The van der Waals surface area contributed by atoms with Gasteiger partial charge >= 0.3 is 0 Å². The first kappa shape index (κ1) is 13.9. The second kappa shape index (κ2) is 5.74. The molecule has 0 aliphatic rings. The Morgan fingerprint density at radius 3 is 2.81 bits per heavy atom. The van der Waals surface area contributed by atoms with E-state index >= 15 is 0 Å². The number of hydrogen-bond acceptors (Lipinski definition) is 2. The summed E-state index contributed by atoms with van der Waals surface area (Å²) in [6.07, 6.45) is 1.86. The molecule has 3 nitrogen and oxygen atoms in total. The maximum atomic E-state index is 12.4. The lowest BCUT2D eigenvalue weighted by molar-refractivity contribution is 0.0923. The number of aromatic nitrogens is 1. The normalized spacial score (nSPS) is 10.8. The van der Waals surface area contributed by atoms with E-state index in [1.54, 1.807) is 0 Å².